The largest absolute Gasteiger partial charge is 0.356 e. The summed E-state index contributed by atoms with van der Waals surface area (Å²) in [6, 6.07) is 6.53. The summed E-state index contributed by atoms with van der Waals surface area (Å²) in [4.78, 5) is 13.9. The average Bonchev–Trinajstić information content (AvgIpc) is 2.65. The van der Waals surface area contributed by atoms with Gasteiger partial charge in [-0.15, -0.1) is 0 Å². The number of hydrogen-bond acceptors (Lipinski definition) is 5. The number of halogens is 1. The summed E-state index contributed by atoms with van der Waals surface area (Å²) in [6.45, 7) is 4.94. The van der Waals surface area contributed by atoms with Gasteiger partial charge in [0.1, 0.15) is 6.17 Å². The van der Waals surface area contributed by atoms with Gasteiger partial charge in [-0.3, -0.25) is 9.69 Å². The highest BCUT2D eigenvalue weighted by molar-refractivity contribution is 6.30. The van der Waals surface area contributed by atoms with E-state index in [-0.39, 0.29) is 0 Å². The molecule has 0 aromatic heterocycles. The molecular weight excluding hydrogens is 282 g/mol. The fourth-order valence-electron chi connectivity index (χ4n) is 2.26. The van der Waals surface area contributed by atoms with Crippen LogP contribution in [0.4, 0.5) is 5.69 Å². The number of nitrogens with zero attached hydrogens (tertiary/aromatic N) is 2. The van der Waals surface area contributed by atoms with E-state index >= 15 is 0 Å². The van der Waals surface area contributed by atoms with Gasteiger partial charge in [-0.05, 0) is 37.4 Å². The number of carbonyl (C=O) groups excluding carboxylic acids is 1. The Morgan fingerprint density at radius 3 is 2.35 bits per heavy atom. The lowest BCUT2D eigenvalue weighted by molar-refractivity contribution is -0.196. The first-order chi connectivity index (χ1) is 9.41. The van der Waals surface area contributed by atoms with E-state index in [1.807, 2.05) is 13.8 Å². The molecule has 110 valence electrons. The molecule has 7 heteroatoms. The number of carbonyl (C=O) groups is 1. The maximum atomic E-state index is 12.2. The first kappa shape index (κ1) is 15.2. The summed E-state index contributed by atoms with van der Waals surface area (Å²) in [7, 11) is 0. The molecule has 20 heavy (non-hydrogen) atoms. The summed E-state index contributed by atoms with van der Waals surface area (Å²) in [5.74, 6) is -3.28. The highest BCUT2D eigenvalue weighted by Crippen LogP contribution is 2.27. The minimum absolute atomic E-state index is 0.501. The molecule has 1 aliphatic heterocycles. The van der Waals surface area contributed by atoms with Crippen molar-refractivity contribution in [3.05, 3.63) is 29.3 Å². The Labute approximate surface area is 122 Å². The number of hydrazine groups is 1. The maximum Gasteiger partial charge on any atom is 0.304 e. The van der Waals surface area contributed by atoms with Crippen LogP contribution in [0.2, 0.25) is 5.02 Å². The highest BCUT2D eigenvalue weighted by atomic mass is 35.5. The first-order valence-corrected chi connectivity index (χ1v) is 6.84. The van der Waals surface area contributed by atoms with Crippen molar-refractivity contribution in [1.29, 1.82) is 0 Å². The van der Waals surface area contributed by atoms with Crippen molar-refractivity contribution in [3.63, 3.8) is 0 Å². The molecule has 1 atom stereocenters. The van der Waals surface area contributed by atoms with Crippen LogP contribution in [-0.2, 0) is 4.79 Å². The molecule has 1 aromatic rings. The molecule has 6 nitrogen and oxygen atoms in total. The Morgan fingerprint density at radius 1 is 1.30 bits per heavy atom. The van der Waals surface area contributed by atoms with Gasteiger partial charge in [0.15, 0.2) is 0 Å². The molecule has 1 fully saturated rings. The quantitative estimate of drug-likeness (QED) is 0.708. The van der Waals surface area contributed by atoms with E-state index in [0.717, 1.165) is 5.01 Å². The van der Waals surface area contributed by atoms with Gasteiger partial charge >= 0.3 is 5.91 Å². The Bertz CT molecular complexity index is 488. The molecule has 1 aromatic carbocycles. The third-order valence-corrected chi connectivity index (χ3v) is 3.66. The molecule has 1 amide bonds. The second-order valence-electron chi connectivity index (χ2n) is 4.60. The van der Waals surface area contributed by atoms with Crippen LogP contribution < -0.4 is 10.4 Å². The van der Waals surface area contributed by atoms with Crippen LogP contribution in [0.25, 0.3) is 0 Å². The average molecular weight is 300 g/mol. The van der Waals surface area contributed by atoms with Gasteiger partial charge in [0, 0.05) is 5.02 Å². The van der Waals surface area contributed by atoms with E-state index in [1.54, 1.807) is 29.2 Å². The van der Waals surface area contributed by atoms with Crippen LogP contribution in [-0.4, -0.2) is 46.1 Å². The molecule has 3 N–H and O–H groups in total. The number of amides is 1. The second-order valence-corrected chi connectivity index (χ2v) is 5.03. The Morgan fingerprint density at radius 2 is 1.85 bits per heavy atom. The summed E-state index contributed by atoms with van der Waals surface area (Å²) >= 11 is 5.80. The monoisotopic (exact) mass is 299 g/mol. The summed E-state index contributed by atoms with van der Waals surface area (Å²) in [5.41, 5.74) is 3.34. The number of benzene rings is 1. The predicted octanol–water partition coefficient (Wildman–Crippen LogP) is 0.540. The summed E-state index contributed by atoms with van der Waals surface area (Å²) in [6.07, 6.45) is -0.888. The molecule has 1 unspecified atom stereocenters. The fourth-order valence-corrected chi connectivity index (χ4v) is 2.39. The Hall–Kier alpha value is -1.18. The topological polar surface area (TPSA) is 76.0 Å². The van der Waals surface area contributed by atoms with E-state index in [0.29, 0.717) is 23.8 Å². The minimum atomic E-state index is -2.47. The molecule has 0 bridgehead atoms. The second kappa shape index (κ2) is 5.67. The molecule has 0 spiro atoms. The normalized spacial score (nSPS) is 21.8. The van der Waals surface area contributed by atoms with Crippen LogP contribution in [0.5, 0.6) is 0 Å². The van der Waals surface area contributed by atoms with Crippen molar-refractivity contribution in [3.8, 4) is 0 Å². The van der Waals surface area contributed by atoms with Crippen molar-refractivity contribution < 1.29 is 15.0 Å². The van der Waals surface area contributed by atoms with Crippen LogP contribution in [0, 0.1) is 0 Å². The number of anilines is 1. The van der Waals surface area contributed by atoms with Crippen molar-refractivity contribution in [2.45, 2.75) is 25.8 Å². The van der Waals surface area contributed by atoms with Crippen LogP contribution in [0.3, 0.4) is 0 Å². The molecule has 2 rings (SSSR count). The van der Waals surface area contributed by atoms with Crippen LogP contribution in [0.15, 0.2) is 24.3 Å². The lowest BCUT2D eigenvalue weighted by Crippen LogP contribution is -2.56. The third kappa shape index (κ3) is 2.53. The summed E-state index contributed by atoms with van der Waals surface area (Å²) < 4.78 is 0. The van der Waals surface area contributed by atoms with Crippen molar-refractivity contribution in [2.75, 3.05) is 18.1 Å². The van der Waals surface area contributed by atoms with Gasteiger partial charge in [0.25, 0.3) is 5.79 Å². The van der Waals surface area contributed by atoms with E-state index in [9.17, 15) is 15.0 Å². The standard InChI is InChI=1S/C13H18ClN3O3/c1-3-16(4-2)11-13(19,20)12(18)17(15-11)10-7-5-9(14)6-8-10/h5-8,11,15,19-20H,3-4H2,1-2H3. The molecule has 0 aliphatic carbocycles. The molecule has 1 heterocycles. The number of hydrogen-bond donors (Lipinski definition) is 3. The first-order valence-electron chi connectivity index (χ1n) is 6.46. The zero-order chi connectivity index (χ0) is 14.9. The molecule has 1 aliphatic rings. The minimum Gasteiger partial charge on any atom is -0.356 e. The SMILES string of the molecule is CCN(CC)C1NN(c2ccc(Cl)cc2)C(=O)C1(O)O. The lowest BCUT2D eigenvalue weighted by atomic mass is 10.2. The maximum absolute atomic E-state index is 12.2. The number of nitrogens with one attached hydrogen (secondary N) is 1. The zero-order valence-electron chi connectivity index (χ0n) is 11.4. The highest BCUT2D eigenvalue weighted by Gasteiger charge is 2.54. The molecule has 0 saturated carbocycles. The smallest absolute Gasteiger partial charge is 0.304 e. The molecule has 1 saturated heterocycles. The van der Waals surface area contributed by atoms with Gasteiger partial charge in [-0.1, -0.05) is 25.4 Å². The van der Waals surface area contributed by atoms with Crippen molar-refractivity contribution >= 4 is 23.2 Å². The molecule has 0 radical (unpaired) electrons. The van der Waals surface area contributed by atoms with Crippen molar-refractivity contribution in [1.82, 2.24) is 10.3 Å². The number of rotatable bonds is 4. The van der Waals surface area contributed by atoms with E-state index in [4.69, 9.17) is 11.6 Å². The van der Waals surface area contributed by atoms with Crippen LogP contribution in [0.1, 0.15) is 13.8 Å². The fraction of sp³-hybridized carbons (Fsp3) is 0.462. The van der Waals surface area contributed by atoms with E-state index in [2.05, 4.69) is 5.43 Å². The van der Waals surface area contributed by atoms with Crippen molar-refractivity contribution in [2.24, 2.45) is 0 Å². The molecular formula is C13H18ClN3O3. The van der Waals surface area contributed by atoms with Gasteiger partial charge < -0.3 is 10.2 Å². The zero-order valence-corrected chi connectivity index (χ0v) is 12.1. The van der Waals surface area contributed by atoms with E-state index in [1.165, 1.54) is 0 Å². The predicted molar refractivity (Wildman–Crippen MR) is 76.0 cm³/mol. The Balaban J connectivity index is 2.30. The van der Waals surface area contributed by atoms with Crippen LogP contribution >= 0.6 is 11.6 Å². The van der Waals surface area contributed by atoms with Gasteiger partial charge in [-0.2, -0.15) is 0 Å². The number of aliphatic hydroxyl groups is 2. The van der Waals surface area contributed by atoms with Gasteiger partial charge in [-0.25, -0.2) is 10.4 Å². The Kier molecular flexibility index (Phi) is 4.31. The summed E-state index contributed by atoms with van der Waals surface area (Å²) in [5, 5.41) is 21.8. The van der Waals surface area contributed by atoms with Gasteiger partial charge in [0.05, 0.1) is 5.69 Å². The lowest BCUT2D eigenvalue weighted by Gasteiger charge is -2.30. The van der Waals surface area contributed by atoms with Gasteiger partial charge in [0.2, 0.25) is 0 Å². The van der Waals surface area contributed by atoms with E-state index < -0.39 is 17.9 Å². The number of likely N-dealkylation sites (N-methyl/N-ethyl adjacent to an activating group) is 1. The third-order valence-electron chi connectivity index (χ3n) is 3.41.